The first kappa shape index (κ1) is 88.1. The summed E-state index contributed by atoms with van der Waals surface area (Å²) in [6.07, 6.45) is 48.6. The van der Waals surface area contributed by atoms with E-state index < -0.39 is 97.5 Å². The van der Waals surface area contributed by atoms with Crippen LogP contribution in [0.5, 0.6) is 0 Å². The summed E-state index contributed by atoms with van der Waals surface area (Å²) in [4.78, 5) is 72.6. The van der Waals surface area contributed by atoms with Gasteiger partial charge in [0.05, 0.1) is 26.4 Å². The largest absolute Gasteiger partial charge is 0.472 e. The van der Waals surface area contributed by atoms with Crippen molar-refractivity contribution in [3.63, 3.8) is 0 Å². The number of phosphoric acid groups is 2. The quantitative estimate of drug-likeness (QED) is 0.0222. The summed E-state index contributed by atoms with van der Waals surface area (Å²) in [5, 5.41) is 10.6. The van der Waals surface area contributed by atoms with Gasteiger partial charge in [0.1, 0.15) is 19.3 Å². The lowest BCUT2D eigenvalue weighted by molar-refractivity contribution is -0.161. The molecule has 0 amide bonds. The van der Waals surface area contributed by atoms with E-state index in [0.29, 0.717) is 25.7 Å². The minimum absolute atomic E-state index is 0.104. The molecule has 0 aromatic carbocycles. The first-order valence-corrected chi connectivity index (χ1v) is 40.0. The Hall–Kier alpha value is -1.94. The van der Waals surface area contributed by atoms with E-state index in [2.05, 4.69) is 41.5 Å². The summed E-state index contributed by atoms with van der Waals surface area (Å²) in [6, 6.07) is 0. The summed E-state index contributed by atoms with van der Waals surface area (Å²) < 4.78 is 68.3. The fraction of sp³-hybridized carbons (Fsp3) is 0.944. The van der Waals surface area contributed by atoms with Gasteiger partial charge in [-0.05, 0) is 37.5 Å². The molecule has 0 aromatic rings. The maximum Gasteiger partial charge on any atom is 0.472 e. The molecule has 17 nitrogen and oxygen atoms in total. The molecule has 0 bridgehead atoms. The van der Waals surface area contributed by atoms with E-state index in [0.717, 1.165) is 108 Å². The lowest BCUT2D eigenvalue weighted by Gasteiger charge is -2.21. The molecular weight excluding hydrogens is 1190 g/mol. The fourth-order valence-electron chi connectivity index (χ4n) is 10.7. The minimum atomic E-state index is -4.95. The number of carbonyl (C=O) groups excluding carboxylic acids is 4. The van der Waals surface area contributed by atoms with Crippen LogP contribution in [0.25, 0.3) is 0 Å². The molecule has 0 spiro atoms. The molecule has 90 heavy (non-hydrogen) atoms. The Morgan fingerprint density at radius 3 is 0.844 bits per heavy atom. The zero-order valence-corrected chi connectivity index (χ0v) is 60.2. The smallest absolute Gasteiger partial charge is 0.462 e. The Labute approximate surface area is 549 Å². The van der Waals surface area contributed by atoms with E-state index in [4.69, 9.17) is 37.0 Å². The highest BCUT2D eigenvalue weighted by atomic mass is 31.2. The second-order valence-electron chi connectivity index (χ2n) is 26.3. The van der Waals surface area contributed by atoms with Gasteiger partial charge in [0.2, 0.25) is 0 Å². The molecule has 0 rings (SSSR count). The number of esters is 4. The molecule has 19 heteroatoms. The average molecular weight is 1330 g/mol. The molecule has 0 aliphatic heterocycles. The van der Waals surface area contributed by atoms with E-state index in [9.17, 15) is 43.2 Å². The van der Waals surface area contributed by atoms with Crippen LogP contribution in [-0.2, 0) is 65.4 Å². The number of hydrogen-bond donors (Lipinski definition) is 3. The summed E-state index contributed by atoms with van der Waals surface area (Å²) in [7, 11) is -9.90. The molecule has 0 aliphatic carbocycles. The third kappa shape index (κ3) is 63.5. The minimum Gasteiger partial charge on any atom is -0.462 e. The highest BCUT2D eigenvalue weighted by Gasteiger charge is 2.30. The lowest BCUT2D eigenvalue weighted by atomic mass is 10.00. The van der Waals surface area contributed by atoms with Crippen LogP contribution in [0.15, 0.2) is 0 Å². The first-order chi connectivity index (χ1) is 43.4. The summed E-state index contributed by atoms with van der Waals surface area (Å²) in [5.41, 5.74) is 0. The Balaban J connectivity index is 5.24. The Bertz CT molecular complexity index is 1750. The molecule has 534 valence electrons. The molecular formula is C71H138O17P2. The van der Waals surface area contributed by atoms with Gasteiger partial charge in [-0.25, -0.2) is 9.13 Å². The number of ether oxygens (including phenoxy) is 4. The summed E-state index contributed by atoms with van der Waals surface area (Å²) in [6.45, 7) is 9.48. The Morgan fingerprint density at radius 2 is 0.567 bits per heavy atom. The zero-order valence-electron chi connectivity index (χ0n) is 58.4. The van der Waals surface area contributed by atoms with Crippen molar-refractivity contribution in [3.8, 4) is 0 Å². The number of aliphatic hydroxyl groups is 1. The third-order valence-electron chi connectivity index (χ3n) is 16.8. The van der Waals surface area contributed by atoms with Crippen molar-refractivity contribution >= 4 is 39.5 Å². The number of hydrogen-bond acceptors (Lipinski definition) is 15. The molecule has 6 atom stereocenters. The van der Waals surface area contributed by atoms with Crippen LogP contribution in [-0.4, -0.2) is 96.7 Å². The van der Waals surface area contributed by atoms with Crippen LogP contribution in [0.1, 0.15) is 363 Å². The monoisotopic (exact) mass is 1320 g/mol. The van der Waals surface area contributed by atoms with E-state index in [1.165, 1.54) is 173 Å². The second kappa shape index (κ2) is 63.1. The van der Waals surface area contributed by atoms with Crippen LogP contribution in [0.3, 0.4) is 0 Å². The van der Waals surface area contributed by atoms with E-state index in [1.54, 1.807) is 0 Å². The molecule has 0 radical (unpaired) electrons. The predicted octanol–water partition coefficient (Wildman–Crippen LogP) is 20.4. The average Bonchev–Trinajstić information content (AvgIpc) is 3.01. The molecule has 0 saturated carbocycles. The lowest BCUT2D eigenvalue weighted by Crippen LogP contribution is -2.30. The van der Waals surface area contributed by atoms with Gasteiger partial charge in [0, 0.05) is 25.7 Å². The first-order valence-electron chi connectivity index (χ1n) is 37.0. The molecule has 0 aliphatic rings. The van der Waals surface area contributed by atoms with Gasteiger partial charge in [0.15, 0.2) is 12.2 Å². The van der Waals surface area contributed by atoms with Crippen LogP contribution in [0.4, 0.5) is 0 Å². The van der Waals surface area contributed by atoms with Gasteiger partial charge in [-0.15, -0.1) is 0 Å². The van der Waals surface area contributed by atoms with Crippen LogP contribution in [0, 0.1) is 11.8 Å². The van der Waals surface area contributed by atoms with E-state index >= 15 is 0 Å². The number of unbranched alkanes of at least 4 members (excludes halogenated alkanes) is 39. The molecule has 0 fully saturated rings. The molecule has 3 unspecified atom stereocenters. The van der Waals surface area contributed by atoms with Crippen molar-refractivity contribution in [1.29, 1.82) is 0 Å². The van der Waals surface area contributed by atoms with Crippen LogP contribution in [0.2, 0.25) is 0 Å². The van der Waals surface area contributed by atoms with Gasteiger partial charge in [-0.3, -0.25) is 37.3 Å². The van der Waals surface area contributed by atoms with Crippen molar-refractivity contribution in [2.24, 2.45) is 11.8 Å². The van der Waals surface area contributed by atoms with Crippen molar-refractivity contribution < 1.29 is 80.2 Å². The Kier molecular flexibility index (Phi) is 61.8. The van der Waals surface area contributed by atoms with E-state index in [-0.39, 0.29) is 25.7 Å². The number of phosphoric ester groups is 2. The molecule has 0 heterocycles. The maximum absolute atomic E-state index is 13.0. The van der Waals surface area contributed by atoms with E-state index in [1.807, 2.05) is 0 Å². The second-order valence-corrected chi connectivity index (χ2v) is 29.3. The van der Waals surface area contributed by atoms with Crippen molar-refractivity contribution in [3.05, 3.63) is 0 Å². The maximum atomic E-state index is 13.0. The fourth-order valence-corrected chi connectivity index (χ4v) is 12.3. The van der Waals surface area contributed by atoms with Crippen LogP contribution < -0.4 is 0 Å². The van der Waals surface area contributed by atoms with Crippen molar-refractivity contribution in [2.75, 3.05) is 39.6 Å². The zero-order chi connectivity index (χ0) is 66.5. The summed E-state index contributed by atoms with van der Waals surface area (Å²) in [5.74, 6) is -0.675. The molecule has 3 N–H and O–H groups in total. The number of aliphatic hydroxyl groups excluding tert-OH is 1. The van der Waals surface area contributed by atoms with Gasteiger partial charge >= 0.3 is 39.5 Å². The van der Waals surface area contributed by atoms with Gasteiger partial charge < -0.3 is 33.8 Å². The Morgan fingerprint density at radius 1 is 0.322 bits per heavy atom. The normalized spacial score (nSPS) is 14.4. The SMILES string of the molecule is CCCCCCCCCCCCCCCCCCCC(=O)O[C@H](COC(=O)CCCCCCCCCCCCCC)COP(=O)(O)OC[C@@H](O)COP(=O)(O)OC[C@@H](COC(=O)CCCCCCCCC(C)CC)OC(=O)CCCCCCCCCCC(C)C. The molecule has 0 aromatic heterocycles. The van der Waals surface area contributed by atoms with Gasteiger partial charge in [-0.2, -0.15) is 0 Å². The molecule has 0 saturated heterocycles. The van der Waals surface area contributed by atoms with Gasteiger partial charge in [-0.1, -0.05) is 311 Å². The summed E-state index contributed by atoms with van der Waals surface area (Å²) >= 11 is 0. The number of carbonyl (C=O) groups is 4. The highest BCUT2D eigenvalue weighted by Crippen LogP contribution is 2.45. The standard InChI is InChI=1S/C71H138O17P2/c1-7-10-12-14-16-18-20-22-23-24-25-26-28-30-35-43-49-55-70(75)87-66(59-81-68(73)53-47-41-34-29-27-21-19-17-15-13-11-8-2)61-85-89(77,78)83-57-65(72)58-84-90(79,80)86-62-67(60-82-69(74)54-48-42-38-37-40-46-52-64(6)9-3)88-71(76)56-50-44-36-32-31-33-39-45-51-63(4)5/h63-67,72H,7-62H2,1-6H3,(H,77,78)(H,79,80)/t64?,65-,66-,67-/m1/s1. The van der Waals surface area contributed by atoms with Crippen molar-refractivity contribution in [2.45, 2.75) is 381 Å². The third-order valence-corrected chi connectivity index (χ3v) is 18.7. The van der Waals surface area contributed by atoms with Gasteiger partial charge in [0.25, 0.3) is 0 Å². The van der Waals surface area contributed by atoms with Crippen LogP contribution >= 0.6 is 15.6 Å². The highest BCUT2D eigenvalue weighted by molar-refractivity contribution is 7.47. The number of rotatable bonds is 70. The topological polar surface area (TPSA) is 237 Å². The van der Waals surface area contributed by atoms with Crippen molar-refractivity contribution in [1.82, 2.24) is 0 Å². The predicted molar refractivity (Wildman–Crippen MR) is 363 cm³/mol.